The third kappa shape index (κ3) is 2.36. The van der Waals surface area contributed by atoms with Gasteiger partial charge in [-0.2, -0.15) is 0 Å². The van der Waals surface area contributed by atoms with Gasteiger partial charge in [-0.1, -0.05) is 18.2 Å². The zero-order valence-corrected chi connectivity index (χ0v) is 11.9. The van der Waals surface area contributed by atoms with E-state index < -0.39 is 0 Å². The van der Waals surface area contributed by atoms with Crippen LogP contribution in [0, 0.1) is 13.8 Å². The summed E-state index contributed by atoms with van der Waals surface area (Å²) in [5.41, 5.74) is 9.33. The van der Waals surface area contributed by atoms with E-state index in [-0.39, 0.29) is 11.6 Å². The first-order chi connectivity index (χ1) is 10.1. The summed E-state index contributed by atoms with van der Waals surface area (Å²) in [5.74, 6) is 0.0377. The number of para-hydroxylation sites is 1. The summed E-state index contributed by atoms with van der Waals surface area (Å²) in [5, 5.41) is 1.05. The molecule has 2 aromatic heterocycles. The van der Waals surface area contributed by atoms with Crippen molar-refractivity contribution in [3.8, 4) is 0 Å². The molecule has 0 amide bonds. The summed E-state index contributed by atoms with van der Waals surface area (Å²) >= 11 is 0. The van der Waals surface area contributed by atoms with Gasteiger partial charge in [0.15, 0.2) is 0 Å². The van der Waals surface area contributed by atoms with Crippen LogP contribution in [0.15, 0.2) is 42.6 Å². The number of hydrogen-bond acceptors (Lipinski definition) is 4. The van der Waals surface area contributed by atoms with Gasteiger partial charge in [0.1, 0.15) is 11.5 Å². The average Bonchev–Trinajstić information content (AvgIpc) is 2.49. The van der Waals surface area contributed by atoms with Crippen molar-refractivity contribution in [2.75, 3.05) is 5.73 Å². The van der Waals surface area contributed by atoms with Crippen LogP contribution in [-0.4, -0.2) is 15.8 Å². The average molecular weight is 277 g/mol. The predicted molar refractivity (Wildman–Crippen MR) is 83.3 cm³/mol. The number of rotatable bonds is 2. The number of anilines is 1. The molecule has 3 aromatic rings. The summed E-state index contributed by atoms with van der Waals surface area (Å²) in [6, 6.07) is 11.3. The molecule has 0 spiro atoms. The Morgan fingerprint density at radius 3 is 2.71 bits per heavy atom. The number of nitrogens with zero attached hydrogens (tertiary/aromatic N) is 2. The highest BCUT2D eigenvalue weighted by Crippen LogP contribution is 2.21. The molecule has 0 aliphatic rings. The molecule has 0 saturated carbocycles. The molecule has 2 N–H and O–H groups in total. The number of carbonyl (C=O) groups is 1. The second kappa shape index (κ2) is 4.98. The lowest BCUT2D eigenvalue weighted by Gasteiger charge is -2.08. The van der Waals surface area contributed by atoms with Crippen molar-refractivity contribution in [1.82, 2.24) is 9.97 Å². The van der Waals surface area contributed by atoms with Crippen molar-refractivity contribution in [3.63, 3.8) is 0 Å². The first kappa shape index (κ1) is 13.2. The number of hydrogen-bond donors (Lipinski definition) is 1. The molecule has 0 unspecified atom stereocenters. The molecular weight excluding hydrogens is 262 g/mol. The molecule has 0 radical (unpaired) electrons. The number of nitrogens with two attached hydrogens (primary N) is 1. The van der Waals surface area contributed by atoms with Crippen LogP contribution in [0.3, 0.4) is 0 Å². The maximum atomic E-state index is 12.6. The molecule has 2 heterocycles. The van der Waals surface area contributed by atoms with E-state index >= 15 is 0 Å². The molecule has 1 aromatic carbocycles. The van der Waals surface area contributed by atoms with E-state index in [1.807, 2.05) is 38.1 Å². The second-order valence-electron chi connectivity index (χ2n) is 5.12. The molecule has 21 heavy (non-hydrogen) atoms. The first-order valence-electron chi connectivity index (χ1n) is 6.69. The quantitative estimate of drug-likeness (QED) is 0.731. The van der Waals surface area contributed by atoms with Crippen LogP contribution in [0.1, 0.15) is 27.2 Å². The maximum absolute atomic E-state index is 12.6. The highest BCUT2D eigenvalue weighted by Gasteiger charge is 2.16. The monoisotopic (exact) mass is 277 g/mol. The molecular formula is C17H15N3O. The fourth-order valence-electron chi connectivity index (χ4n) is 2.37. The van der Waals surface area contributed by atoms with Gasteiger partial charge < -0.3 is 5.73 Å². The number of aryl methyl sites for hydroxylation is 2. The zero-order chi connectivity index (χ0) is 15.0. The van der Waals surface area contributed by atoms with Gasteiger partial charge >= 0.3 is 0 Å². The molecule has 0 aliphatic heterocycles. The fraction of sp³-hybridized carbons (Fsp3) is 0.118. The molecule has 4 nitrogen and oxygen atoms in total. The number of fused-ring (bicyclic) bond motifs is 1. The standard InChI is InChI=1S/C17H15N3O/c1-10-7-13(17(18)19-9-10)16(21)15-8-11(2)12-5-3-4-6-14(12)20-15/h3-9H,1-2H3,(H2,18,19). The number of pyridine rings is 2. The van der Waals surface area contributed by atoms with E-state index in [1.54, 1.807) is 18.3 Å². The van der Waals surface area contributed by atoms with E-state index in [9.17, 15) is 4.79 Å². The topological polar surface area (TPSA) is 68.9 Å². The highest BCUT2D eigenvalue weighted by molar-refractivity contribution is 6.11. The molecule has 104 valence electrons. The summed E-state index contributed by atoms with van der Waals surface area (Å²) in [7, 11) is 0. The first-order valence-corrected chi connectivity index (χ1v) is 6.69. The predicted octanol–water partition coefficient (Wildman–Crippen LogP) is 3.06. The summed E-state index contributed by atoms with van der Waals surface area (Å²) in [4.78, 5) is 21.1. The second-order valence-corrected chi connectivity index (χ2v) is 5.12. The highest BCUT2D eigenvalue weighted by atomic mass is 16.1. The van der Waals surface area contributed by atoms with Gasteiger partial charge in [0.25, 0.3) is 0 Å². The number of ketones is 1. The minimum absolute atomic E-state index is 0.197. The smallest absolute Gasteiger partial charge is 0.215 e. The third-order valence-corrected chi connectivity index (χ3v) is 3.46. The number of carbonyl (C=O) groups excluding carboxylic acids is 1. The van der Waals surface area contributed by atoms with Crippen molar-refractivity contribution in [2.24, 2.45) is 0 Å². The van der Waals surface area contributed by atoms with Crippen LogP contribution in [0.5, 0.6) is 0 Å². The van der Waals surface area contributed by atoms with Crippen LogP contribution in [-0.2, 0) is 0 Å². The molecule has 0 atom stereocenters. The van der Waals surface area contributed by atoms with Crippen LogP contribution in [0.25, 0.3) is 10.9 Å². The summed E-state index contributed by atoms with van der Waals surface area (Å²) in [6.45, 7) is 3.85. The molecule has 0 saturated heterocycles. The van der Waals surface area contributed by atoms with Crippen LogP contribution >= 0.6 is 0 Å². The minimum atomic E-state index is -0.197. The third-order valence-electron chi connectivity index (χ3n) is 3.46. The van der Waals surface area contributed by atoms with E-state index in [1.165, 1.54) is 0 Å². The lowest BCUT2D eigenvalue weighted by Crippen LogP contribution is -2.09. The molecule has 4 heteroatoms. The SMILES string of the molecule is Cc1cnc(N)c(C(=O)c2cc(C)c3ccccc3n2)c1. The molecule has 0 fully saturated rings. The van der Waals surface area contributed by atoms with Crippen molar-refractivity contribution < 1.29 is 4.79 Å². The Morgan fingerprint density at radius 2 is 1.90 bits per heavy atom. The normalized spacial score (nSPS) is 10.8. The zero-order valence-electron chi connectivity index (χ0n) is 11.9. The Kier molecular flexibility index (Phi) is 3.14. The lowest BCUT2D eigenvalue weighted by molar-refractivity contribution is 0.103. The van der Waals surface area contributed by atoms with Gasteiger partial charge in [-0.3, -0.25) is 4.79 Å². The Hall–Kier alpha value is -2.75. The summed E-state index contributed by atoms with van der Waals surface area (Å²) in [6.07, 6.45) is 1.64. The molecule has 0 bridgehead atoms. The Bertz CT molecular complexity index is 856. The molecule has 3 rings (SSSR count). The maximum Gasteiger partial charge on any atom is 0.215 e. The number of nitrogen functional groups attached to an aromatic ring is 1. The van der Waals surface area contributed by atoms with Gasteiger partial charge in [0, 0.05) is 11.6 Å². The van der Waals surface area contributed by atoms with Gasteiger partial charge in [-0.15, -0.1) is 0 Å². The van der Waals surface area contributed by atoms with Gasteiger partial charge in [0.2, 0.25) is 5.78 Å². The van der Waals surface area contributed by atoms with Crippen molar-refractivity contribution in [2.45, 2.75) is 13.8 Å². The van der Waals surface area contributed by atoms with Crippen LogP contribution < -0.4 is 5.73 Å². The Labute approximate surface area is 122 Å². The van der Waals surface area contributed by atoms with Crippen LogP contribution in [0.4, 0.5) is 5.82 Å². The van der Waals surface area contributed by atoms with Crippen molar-refractivity contribution in [1.29, 1.82) is 0 Å². The van der Waals surface area contributed by atoms with E-state index in [0.29, 0.717) is 11.3 Å². The van der Waals surface area contributed by atoms with E-state index in [0.717, 1.165) is 22.0 Å². The largest absolute Gasteiger partial charge is 0.383 e. The lowest BCUT2D eigenvalue weighted by atomic mass is 10.0. The van der Waals surface area contributed by atoms with Crippen molar-refractivity contribution >= 4 is 22.5 Å². The Balaban J connectivity index is 2.16. The summed E-state index contributed by atoms with van der Waals surface area (Å²) < 4.78 is 0. The van der Waals surface area contributed by atoms with Gasteiger partial charge in [-0.05, 0) is 43.2 Å². The molecule has 0 aliphatic carbocycles. The fourth-order valence-corrected chi connectivity index (χ4v) is 2.37. The number of aromatic nitrogens is 2. The van der Waals surface area contributed by atoms with Gasteiger partial charge in [0.05, 0.1) is 11.1 Å². The van der Waals surface area contributed by atoms with Crippen molar-refractivity contribution in [3.05, 3.63) is 65.0 Å². The minimum Gasteiger partial charge on any atom is -0.383 e. The van der Waals surface area contributed by atoms with Crippen LogP contribution in [0.2, 0.25) is 0 Å². The van der Waals surface area contributed by atoms with Gasteiger partial charge in [-0.25, -0.2) is 9.97 Å². The van der Waals surface area contributed by atoms with E-state index in [4.69, 9.17) is 5.73 Å². The number of benzene rings is 1. The Morgan fingerprint density at radius 1 is 1.14 bits per heavy atom. The van der Waals surface area contributed by atoms with E-state index in [2.05, 4.69) is 9.97 Å².